The van der Waals surface area contributed by atoms with Gasteiger partial charge in [-0.3, -0.25) is 0 Å². The summed E-state index contributed by atoms with van der Waals surface area (Å²) in [6.07, 6.45) is -6.33. The van der Waals surface area contributed by atoms with Gasteiger partial charge in [0, 0.05) is 13.4 Å². The van der Waals surface area contributed by atoms with E-state index in [-0.39, 0.29) is 0 Å². The first-order chi connectivity index (χ1) is 6.11. The van der Waals surface area contributed by atoms with Crippen molar-refractivity contribution in [3.63, 3.8) is 0 Å². The SMILES string of the molecule is CO[C@H]1[C@@H](O)[C@H](O)[C@@H](CO)O[C@@H]1[O-]. The molecule has 78 valence electrons. The second-order valence-corrected chi connectivity index (χ2v) is 2.91. The third kappa shape index (κ3) is 1.98. The Bertz CT molecular complexity index is 163. The molecule has 6 heteroatoms. The number of aliphatic hydroxyl groups is 3. The molecule has 0 unspecified atom stereocenters. The Labute approximate surface area is 75.3 Å². The van der Waals surface area contributed by atoms with Crippen molar-refractivity contribution < 1.29 is 29.9 Å². The first-order valence-electron chi connectivity index (χ1n) is 3.93. The highest BCUT2D eigenvalue weighted by molar-refractivity contribution is 4.88. The molecule has 0 amide bonds. The van der Waals surface area contributed by atoms with E-state index in [1.165, 1.54) is 7.11 Å². The lowest BCUT2D eigenvalue weighted by atomic mass is 9.99. The minimum Gasteiger partial charge on any atom is -0.829 e. The number of ether oxygens (including phenoxy) is 2. The number of hydrogen-bond donors (Lipinski definition) is 3. The van der Waals surface area contributed by atoms with E-state index in [9.17, 15) is 15.3 Å². The molecule has 3 N–H and O–H groups in total. The van der Waals surface area contributed by atoms with Crippen LogP contribution in [-0.2, 0) is 9.47 Å². The predicted octanol–water partition coefficient (Wildman–Crippen LogP) is -3.20. The first-order valence-corrected chi connectivity index (χ1v) is 3.93. The van der Waals surface area contributed by atoms with Crippen LogP contribution in [0.3, 0.4) is 0 Å². The minimum atomic E-state index is -1.58. The number of aliphatic hydroxyl groups excluding tert-OH is 3. The second-order valence-electron chi connectivity index (χ2n) is 2.91. The van der Waals surface area contributed by atoms with E-state index in [1.807, 2.05) is 0 Å². The maximum Gasteiger partial charge on any atom is 0.111 e. The Hall–Kier alpha value is -0.240. The fourth-order valence-corrected chi connectivity index (χ4v) is 1.31. The van der Waals surface area contributed by atoms with Crippen LogP contribution in [0.15, 0.2) is 0 Å². The van der Waals surface area contributed by atoms with E-state index in [4.69, 9.17) is 5.11 Å². The molecule has 0 spiro atoms. The molecule has 0 aromatic rings. The monoisotopic (exact) mass is 193 g/mol. The Balaban J connectivity index is 2.66. The smallest absolute Gasteiger partial charge is 0.111 e. The molecule has 1 fully saturated rings. The van der Waals surface area contributed by atoms with Gasteiger partial charge in [-0.2, -0.15) is 0 Å². The molecule has 1 rings (SSSR count). The van der Waals surface area contributed by atoms with Crippen molar-refractivity contribution in [2.75, 3.05) is 13.7 Å². The zero-order chi connectivity index (χ0) is 10.0. The highest BCUT2D eigenvalue weighted by Gasteiger charge is 2.39. The van der Waals surface area contributed by atoms with E-state index in [2.05, 4.69) is 9.47 Å². The van der Waals surface area contributed by atoms with Gasteiger partial charge in [0.1, 0.15) is 18.3 Å². The highest BCUT2D eigenvalue weighted by atomic mass is 16.7. The lowest BCUT2D eigenvalue weighted by Crippen LogP contribution is -2.62. The lowest BCUT2D eigenvalue weighted by molar-refractivity contribution is -0.533. The largest absolute Gasteiger partial charge is 0.829 e. The van der Waals surface area contributed by atoms with E-state index in [0.717, 1.165) is 0 Å². The summed E-state index contributed by atoms with van der Waals surface area (Å²) in [5.74, 6) is 0. The van der Waals surface area contributed by atoms with Crippen molar-refractivity contribution >= 4 is 0 Å². The Kier molecular flexibility index (Phi) is 3.60. The van der Waals surface area contributed by atoms with Crippen LogP contribution in [0.1, 0.15) is 0 Å². The van der Waals surface area contributed by atoms with Crippen molar-refractivity contribution in [1.29, 1.82) is 0 Å². The van der Waals surface area contributed by atoms with E-state index >= 15 is 0 Å². The van der Waals surface area contributed by atoms with Crippen LogP contribution in [-0.4, -0.2) is 59.7 Å². The van der Waals surface area contributed by atoms with Gasteiger partial charge >= 0.3 is 0 Å². The summed E-state index contributed by atoms with van der Waals surface area (Å²) in [4.78, 5) is 0. The summed E-state index contributed by atoms with van der Waals surface area (Å²) < 4.78 is 9.33. The molecule has 0 saturated carbocycles. The minimum absolute atomic E-state index is 0.507. The molecule has 0 radical (unpaired) electrons. The van der Waals surface area contributed by atoms with E-state index in [1.54, 1.807) is 0 Å². The summed E-state index contributed by atoms with van der Waals surface area (Å²) in [6, 6.07) is 0. The Morgan fingerprint density at radius 3 is 2.46 bits per heavy atom. The molecular weight excluding hydrogens is 180 g/mol. The average Bonchev–Trinajstić information content (AvgIpc) is 2.12. The third-order valence-electron chi connectivity index (χ3n) is 2.10. The molecule has 5 atom stereocenters. The van der Waals surface area contributed by atoms with Gasteiger partial charge in [0.15, 0.2) is 0 Å². The summed E-state index contributed by atoms with van der Waals surface area (Å²) >= 11 is 0. The van der Waals surface area contributed by atoms with Gasteiger partial charge in [0.2, 0.25) is 0 Å². The zero-order valence-electron chi connectivity index (χ0n) is 7.16. The molecule has 0 bridgehead atoms. The summed E-state index contributed by atoms with van der Waals surface area (Å²) in [6.45, 7) is -0.507. The van der Waals surface area contributed by atoms with Gasteiger partial charge in [-0.1, -0.05) is 0 Å². The number of methoxy groups -OCH3 is 1. The van der Waals surface area contributed by atoms with Crippen molar-refractivity contribution in [3.8, 4) is 0 Å². The Morgan fingerprint density at radius 1 is 1.38 bits per heavy atom. The van der Waals surface area contributed by atoms with Gasteiger partial charge in [-0.15, -0.1) is 0 Å². The maximum atomic E-state index is 11.1. The molecule has 1 saturated heterocycles. The molecule has 0 aliphatic carbocycles. The predicted molar refractivity (Wildman–Crippen MR) is 38.6 cm³/mol. The molecular formula is C7H13O6-. The normalized spacial score (nSPS) is 46.4. The summed E-state index contributed by atoms with van der Waals surface area (Å²) in [5, 5.41) is 38.4. The van der Waals surface area contributed by atoms with Gasteiger partial charge in [-0.05, 0) is 0 Å². The van der Waals surface area contributed by atoms with Crippen LogP contribution in [0.2, 0.25) is 0 Å². The fourth-order valence-electron chi connectivity index (χ4n) is 1.31. The molecule has 1 aliphatic rings. The number of rotatable bonds is 2. The van der Waals surface area contributed by atoms with E-state index in [0.29, 0.717) is 0 Å². The Morgan fingerprint density at radius 2 is 2.00 bits per heavy atom. The molecule has 0 aromatic carbocycles. The third-order valence-corrected chi connectivity index (χ3v) is 2.10. The van der Waals surface area contributed by atoms with Crippen molar-refractivity contribution in [2.45, 2.75) is 30.7 Å². The first kappa shape index (κ1) is 10.8. The average molecular weight is 193 g/mol. The molecule has 1 aliphatic heterocycles. The van der Waals surface area contributed by atoms with Crippen LogP contribution >= 0.6 is 0 Å². The molecule has 1 heterocycles. The topological polar surface area (TPSA) is 102 Å². The highest BCUT2D eigenvalue weighted by Crippen LogP contribution is 2.19. The summed E-state index contributed by atoms with van der Waals surface area (Å²) in [7, 11) is 1.24. The van der Waals surface area contributed by atoms with Crippen LogP contribution in [0.5, 0.6) is 0 Å². The maximum absolute atomic E-state index is 11.1. The standard InChI is InChI=1S/C7H13O6/c1-12-6-5(10)4(9)3(2-8)13-7(6)11/h3-10H,2H2,1H3/q-1/t3-,4-,5+,6+,7+/m1/s1. The quantitative estimate of drug-likeness (QED) is 0.427. The van der Waals surface area contributed by atoms with Gasteiger partial charge in [0.25, 0.3) is 0 Å². The van der Waals surface area contributed by atoms with Gasteiger partial charge in [0.05, 0.1) is 12.7 Å². The second kappa shape index (κ2) is 4.32. The van der Waals surface area contributed by atoms with Crippen LogP contribution in [0.25, 0.3) is 0 Å². The van der Waals surface area contributed by atoms with E-state index < -0.39 is 37.3 Å². The molecule has 13 heavy (non-hydrogen) atoms. The van der Waals surface area contributed by atoms with Crippen molar-refractivity contribution in [2.24, 2.45) is 0 Å². The van der Waals surface area contributed by atoms with Crippen molar-refractivity contribution in [3.05, 3.63) is 0 Å². The fraction of sp³-hybridized carbons (Fsp3) is 1.00. The van der Waals surface area contributed by atoms with Gasteiger partial charge in [-0.25, -0.2) is 0 Å². The lowest BCUT2D eigenvalue weighted by Gasteiger charge is -2.44. The number of hydrogen-bond acceptors (Lipinski definition) is 6. The van der Waals surface area contributed by atoms with Crippen LogP contribution in [0.4, 0.5) is 0 Å². The van der Waals surface area contributed by atoms with Crippen molar-refractivity contribution in [1.82, 2.24) is 0 Å². The molecule has 0 aromatic heterocycles. The van der Waals surface area contributed by atoms with Gasteiger partial charge < -0.3 is 29.9 Å². The van der Waals surface area contributed by atoms with Crippen LogP contribution < -0.4 is 5.11 Å². The van der Waals surface area contributed by atoms with Crippen LogP contribution in [0, 0.1) is 0 Å². The zero-order valence-corrected chi connectivity index (χ0v) is 7.16. The summed E-state index contributed by atoms with van der Waals surface area (Å²) in [5.41, 5.74) is 0. The molecule has 6 nitrogen and oxygen atoms in total.